The molecule has 0 aliphatic carbocycles. The number of hydrogen-bond donors (Lipinski definition) is 0. The second-order valence-electron chi connectivity index (χ2n) is 4.10. The Morgan fingerprint density at radius 3 is 2.55 bits per heavy atom. The van der Waals surface area contributed by atoms with Gasteiger partial charge in [-0.3, -0.25) is 0 Å². The molecule has 1 aromatic rings. The van der Waals surface area contributed by atoms with Crippen LogP contribution in [0.3, 0.4) is 0 Å². The van der Waals surface area contributed by atoms with Gasteiger partial charge < -0.3 is 14.4 Å². The number of methoxy groups -OCH3 is 1. The first-order chi connectivity index (χ1) is 9.29. The lowest BCUT2D eigenvalue weighted by Gasteiger charge is -2.12. The highest BCUT2D eigenvalue weighted by molar-refractivity contribution is 7.90. The molecule has 0 fully saturated rings. The van der Waals surface area contributed by atoms with Crippen LogP contribution in [0.15, 0.2) is 6.20 Å². The monoisotopic (exact) mass is 303 g/mol. The van der Waals surface area contributed by atoms with Crippen molar-refractivity contribution in [2.75, 3.05) is 27.0 Å². The number of carbonyl (C=O) groups excluding carboxylic acids is 1. The molecular weight excluding hydrogens is 286 g/mol. The van der Waals surface area contributed by atoms with E-state index in [0.717, 1.165) is 0 Å². The van der Waals surface area contributed by atoms with Gasteiger partial charge in [-0.25, -0.2) is 18.2 Å². The molecule has 1 heterocycles. The first kappa shape index (κ1) is 16.2. The standard InChI is InChI=1S/C11H17N3O5S/c1-5-20(16,17)7-9-12-6-8(18-4)10(13-9)19-11(15)14(2)3/h6H,5,7H2,1-4H3. The Morgan fingerprint density at radius 2 is 2.05 bits per heavy atom. The maximum absolute atomic E-state index is 11.5. The second-order valence-corrected chi connectivity index (χ2v) is 6.45. The molecule has 9 heteroatoms. The van der Waals surface area contributed by atoms with E-state index in [1.54, 1.807) is 0 Å². The van der Waals surface area contributed by atoms with Crippen LogP contribution in [0.1, 0.15) is 12.7 Å². The Balaban J connectivity index is 3.06. The number of hydrogen-bond acceptors (Lipinski definition) is 7. The third-order valence-electron chi connectivity index (χ3n) is 2.33. The molecule has 0 saturated heterocycles. The van der Waals surface area contributed by atoms with Gasteiger partial charge in [-0.1, -0.05) is 6.92 Å². The Labute approximate surface area is 117 Å². The Hall–Kier alpha value is -1.90. The molecule has 0 unspecified atom stereocenters. The van der Waals surface area contributed by atoms with E-state index in [0.29, 0.717) is 0 Å². The summed E-state index contributed by atoms with van der Waals surface area (Å²) in [6, 6.07) is 0. The molecule has 0 aliphatic rings. The summed E-state index contributed by atoms with van der Waals surface area (Å²) in [6.07, 6.45) is 0.623. The number of nitrogens with zero attached hydrogens (tertiary/aromatic N) is 3. The summed E-state index contributed by atoms with van der Waals surface area (Å²) < 4.78 is 33.0. The quantitative estimate of drug-likeness (QED) is 0.780. The molecule has 0 aliphatic heterocycles. The summed E-state index contributed by atoms with van der Waals surface area (Å²) in [7, 11) is 1.12. The van der Waals surface area contributed by atoms with Crippen LogP contribution >= 0.6 is 0 Å². The van der Waals surface area contributed by atoms with Crippen LogP contribution < -0.4 is 9.47 Å². The average molecular weight is 303 g/mol. The lowest BCUT2D eigenvalue weighted by atomic mass is 10.5. The largest absolute Gasteiger partial charge is 0.490 e. The van der Waals surface area contributed by atoms with E-state index in [4.69, 9.17) is 9.47 Å². The van der Waals surface area contributed by atoms with Crippen molar-refractivity contribution in [3.8, 4) is 11.6 Å². The Kier molecular flexibility index (Phi) is 5.26. The molecule has 20 heavy (non-hydrogen) atoms. The predicted octanol–water partition coefficient (Wildman–Crippen LogP) is 0.480. The third kappa shape index (κ3) is 4.34. The lowest BCUT2D eigenvalue weighted by Crippen LogP contribution is -2.26. The zero-order chi connectivity index (χ0) is 15.3. The smallest absolute Gasteiger partial charge is 0.416 e. The third-order valence-corrected chi connectivity index (χ3v) is 3.91. The molecule has 0 aromatic carbocycles. The molecule has 0 bridgehead atoms. The van der Waals surface area contributed by atoms with E-state index in [1.807, 2.05) is 0 Å². The zero-order valence-corrected chi connectivity index (χ0v) is 12.6. The Morgan fingerprint density at radius 1 is 1.40 bits per heavy atom. The van der Waals surface area contributed by atoms with Crippen LogP contribution in [-0.4, -0.2) is 56.3 Å². The van der Waals surface area contributed by atoms with Gasteiger partial charge in [-0.2, -0.15) is 4.98 Å². The van der Waals surface area contributed by atoms with Crippen molar-refractivity contribution in [2.24, 2.45) is 0 Å². The number of ether oxygens (including phenoxy) is 2. The van der Waals surface area contributed by atoms with Crippen molar-refractivity contribution in [1.29, 1.82) is 0 Å². The van der Waals surface area contributed by atoms with Crippen molar-refractivity contribution in [3.05, 3.63) is 12.0 Å². The number of rotatable bonds is 5. The van der Waals surface area contributed by atoms with Crippen LogP contribution in [0.4, 0.5) is 4.79 Å². The van der Waals surface area contributed by atoms with Crippen molar-refractivity contribution in [1.82, 2.24) is 14.9 Å². The van der Waals surface area contributed by atoms with Crippen LogP contribution in [0, 0.1) is 0 Å². The minimum Gasteiger partial charge on any atom is -0.490 e. The van der Waals surface area contributed by atoms with Gasteiger partial charge in [0.05, 0.1) is 13.3 Å². The fraction of sp³-hybridized carbons (Fsp3) is 0.545. The summed E-state index contributed by atoms with van der Waals surface area (Å²) in [5.41, 5.74) is 0. The van der Waals surface area contributed by atoms with E-state index in [-0.39, 0.29) is 29.0 Å². The molecule has 0 N–H and O–H groups in total. The normalized spacial score (nSPS) is 11.0. The lowest BCUT2D eigenvalue weighted by molar-refractivity contribution is 0.167. The van der Waals surface area contributed by atoms with Crippen molar-refractivity contribution < 1.29 is 22.7 Å². The summed E-state index contributed by atoms with van der Waals surface area (Å²) >= 11 is 0. The number of carbonyl (C=O) groups is 1. The second kappa shape index (κ2) is 6.51. The van der Waals surface area contributed by atoms with Crippen LogP contribution in [0.2, 0.25) is 0 Å². The van der Waals surface area contributed by atoms with Gasteiger partial charge in [0.25, 0.3) is 5.88 Å². The van der Waals surface area contributed by atoms with Gasteiger partial charge in [-0.05, 0) is 0 Å². The van der Waals surface area contributed by atoms with E-state index < -0.39 is 15.9 Å². The first-order valence-corrected chi connectivity index (χ1v) is 7.60. The van der Waals surface area contributed by atoms with E-state index in [9.17, 15) is 13.2 Å². The molecule has 1 rings (SSSR count). The summed E-state index contributed by atoms with van der Waals surface area (Å²) in [5.74, 6) is -0.246. The molecule has 0 saturated carbocycles. The highest BCUT2D eigenvalue weighted by atomic mass is 32.2. The van der Waals surface area contributed by atoms with E-state index >= 15 is 0 Å². The maximum Gasteiger partial charge on any atom is 0.416 e. The highest BCUT2D eigenvalue weighted by Gasteiger charge is 2.18. The first-order valence-electron chi connectivity index (χ1n) is 5.78. The zero-order valence-electron chi connectivity index (χ0n) is 11.8. The number of amides is 1. The van der Waals surface area contributed by atoms with Crippen LogP contribution in [0.5, 0.6) is 11.6 Å². The molecule has 1 aromatic heterocycles. The summed E-state index contributed by atoms with van der Waals surface area (Å²) in [5, 5.41) is 0. The molecule has 0 spiro atoms. The fourth-order valence-electron chi connectivity index (χ4n) is 1.14. The molecule has 112 valence electrons. The minimum absolute atomic E-state index is 0.0186. The van der Waals surface area contributed by atoms with Gasteiger partial charge in [0.15, 0.2) is 15.6 Å². The Bertz CT molecular complexity index is 586. The van der Waals surface area contributed by atoms with Gasteiger partial charge in [-0.15, -0.1) is 0 Å². The highest BCUT2D eigenvalue weighted by Crippen LogP contribution is 2.24. The van der Waals surface area contributed by atoms with E-state index in [2.05, 4.69) is 9.97 Å². The summed E-state index contributed by atoms with van der Waals surface area (Å²) in [6.45, 7) is 1.53. The van der Waals surface area contributed by atoms with E-state index in [1.165, 1.54) is 39.2 Å². The minimum atomic E-state index is -3.27. The van der Waals surface area contributed by atoms with Crippen LogP contribution in [-0.2, 0) is 15.6 Å². The molecule has 1 amide bonds. The summed E-state index contributed by atoms with van der Waals surface area (Å²) in [4.78, 5) is 20.5. The van der Waals surface area contributed by atoms with Gasteiger partial charge in [0.1, 0.15) is 11.6 Å². The average Bonchev–Trinajstić information content (AvgIpc) is 2.38. The molecule has 0 radical (unpaired) electrons. The maximum atomic E-state index is 11.5. The fourth-order valence-corrected chi connectivity index (χ4v) is 1.88. The van der Waals surface area contributed by atoms with Gasteiger partial charge >= 0.3 is 6.09 Å². The van der Waals surface area contributed by atoms with Gasteiger partial charge in [0.2, 0.25) is 0 Å². The van der Waals surface area contributed by atoms with Crippen molar-refractivity contribution in [3.63, 3.8) is 0 Å². The number of sulfone groups is 1. The SMILES string of the molecule is CCS(=O)(=O)Cc1ncc(OC)c(OC(=O)N(C)C)n1. The molecule has 0 atom stereocenters. The van der Waals surface area contributed by atoms with Crippen molar-refractivity contribution in [2.45, 2.75) is 12.7 Å². The molecular formula is C11H17N3O5S. The molecule has 8 nitrogen and oxygen atoms in total. The topological polar surface area (TPSA) is 98.7 Å². The van der Waals surface area contributed by atoms with Crippen LogP contribution in [0.25, 0.3) is 0 Å². The van der Waals surface area contributed by atoms with Gasteiger partial charge in [0, 0.05) is 19.8 Å². The number of aromatic nitrogens is 2. The predicted molar refractivity (Wildman–Crippen MR) is 71.5 cm³/mol. The van der Waals surface area contributed by atoms with Crippen molar-refractivity contribution >= 4 is 15.9 Å².